The molecular weight excluding hydrogens is 424 g/mol. The lowest BCUT2D eigenvalue weighted by atomic mass is 10.1. The Bertz CT molecular complexity index is 1340. The zero-order valence-corrected chi connectivity index (χ0v) is 19.5. The minimum absolute atomic E-state index is 0.171. The van der Waals surface area contributed by atoms with E-state index >= 15 is 0 Å². The topological polar surface area (TPSA) is 78.6 Å². The first-order valence-electron chi connectivity index (χ1n) is 10.6. The monoisotopic (exact) mass is 450 g/mol. The Hall–Kier alpha value is -3.10. The van der Waals surface area contributed by atoms with Crippen LogP contribution in [0.15, 0.2) is 40.2 Å². The van der Waals surface area contributed by atoms with Crippen LogP contribution in [0.25, 0.3) is 20.4 Å². The first-order chi connectivity index (χ1) is 15.5. The highest BCUT2D eigenvalue weighted by molar-refractivity contribution is 7.25. The van der Waals surface area contributed by atoms with Crippen LogP contribution in [0.5, 0.6) is 5.75 Å². The number of pyridine rings is 1. The molecule has 0 aliphatic carbocycles. The van der Waals surface area contributed by atoms with Crippen molar-refractivity contribution < 1.29 is 9.47 Å². The second kappa shape index (κ2) is 9.58. The van der Waals surface area contributed by atoms with Crippen molar-refractivity contribution in [3.05, 3.63) is 63.3 Å². The van der Waals surface area contributed by atoms with Crippen LogP contribution in [0.1, 0.15) is 42.4 Å². The average molecular weight is 451 g/mol. The van der Waals surface area contributed by atoms with Gasteiger partial charge in [0.1, 0.15) is 21.1 Å². The Morgan fingerprint density at radius 1 is 1.19 bits per heavy atom. The summed E-state index contributed by atoms with van der Waals surface area (Å²) in [6.45, 7) is 4.50. The third-order valence-corrected chi connectivity index (χ3v) is 6.27. The van der Waals surface area contributed by atoms with Crippen LogP contribution in [0, 0.1) is 6.92 Å². The van der Waals surface area contributed by atoms with Gasteiger partial charge >= 0.3 is 0 Å². The summed E-state index contributed by atoms with van der Waals surface area (Å²) in [7, 11) is 3.29. The summed E-state index contributed by atoms with van der Waals surface area (Å²) in [6, 6.07) is 9.52. The molecule has 4 rings (SSSR count). The van der Waals surface area contributed by atoms with Gasteiger partial charge in [0.15, 0.2) is 0 Å². The number of aromatic nitrogens is 3. The van der Waals surface area contributed by atoms with Gasteiger partial charge in [-0.05, 0) is 54.8 Å². The predicted molar refractivity (Wildman–Crippen MR) is 129 cm³/mol. The molecule has 0 radical (unpaired) electrons. The lowest BCUT2D eigenvalue weighted by Gasteiger charge is -2.08. The minimum atomic E-state index is -0.171. The maximum atomic E-state index is 13.5. The Morgan fingerprint density at radius 2 is 1.97 bits per heavy atom. The van der Waals surface area contributed by atoms with E-state index in [2.05, 4.69) is 17.0 Å². The third kappa shape index (κ3) is 4.28. The minimum Gasteiger partial charge on any atom is -0.497 e. The Kier molecular flexibility index (Phi) is 6.62. The second-order valence-corrected chi connectivity index (χ2v) is 8.58. The molecule has 0 fully saturated rings. The first-order valence-corrected chi connectivity index (χ1v) is 11.4. The summed E-state index contributed by atoms with van der Waals surface area (Å²) in [5.74, 6) is 1.42. The van der Waals surface area contributed by atoms with Gasteiger partial charge < -0.3 is 9.47 Å². The summed E-state index contributed by atoms with van der Waals surface area (Å²) in [5.41, 5.74) is 3.27. The smallest absolute Gasteiger partial charge is 0.292 e. The molecule has 0 saturated carbocycles. The summed E-state index contributed by atoms with van der Waals surface area (Å²) in [4.78, 5) is 23.9. The van der Waals surface area contributed by atoms with E-state index < -0.39 is 0 Å². The lowest BCUT2D eigenvalue weighted by Crippen LogP contribution is -2.21. The van der Waals surface area contributed by atoms with Crippen molar-refractivity contribution in [3.63, 3.8) is 0 Å². The Morgan fingerprint density at radius 3 is 2.66 bits per heavy atom. The van der Waals surface area contributed by atoms with Crippen LogP contribution in [0.2, 0.25) is 0 Å². The van der Waals surface area contributed by atoms with Gasteiger partial charge in [-0.25, -0.2) is 9.97 Å². The summed E-state index contributed by atoms with van der Waals surface area (Å²) < 4.78 is 12.6. The van der Waals surface area contributed by atoms with Crippen LogP contribution in [-0.4, -0.2) is 35.1 Å². The Balaban J connectivity index is 1.90. The number of fused-ring (bicyclic) bond motifs is 3. The van der Waals surface area contributed by atoms with E-state index in [0.717, 1.165) is 45.6 Å². The fourth-order valence-electron chi connectivity index (χ4n) is 3.64. The van der Waals surface area contributed by atoms with Crippen molar-refractivity contribution in [1.82, 2.24) is 14.6 Å². The number of aryl methyl sites for hydroxylation is 2. The SMILES string of the molecule is CCCCc1nc2c(sc3nc(C)cc(COC)c32)c(=O)n1N=Cc1ccc(OC)cc1. The molecule has 0 spiro atoms. The fraction of sp³-hybridized carbons (Fsp3) is 0.333. The molecule has 8 heteroatoms. The number of thiophene rings is 1. The number of rotatable bonds is 8. The fourth-order valence-corrected chi connectivity index (χ4v) is 4.77. The van der Waals surface area contributed by atoms with Gasteiger partial charge in [0.05, 0.1) is 25.4 Å². The molecule has 0 bridgehead atoms. The number of nitrogens with zero attached hydrogens (tertiary/aromatic N) is 4. The summed E-state index contributed by atoms with van der Waals surface area (Å²) in [5, 5.41) is 5.42. The average Bonchev–Trinajstić information content (AvgIpc) is 3.16. The summed E-state index contributed by atoms with van der Waals surface area (Å²) in [6.07, 6.45) is 4.25. The predicted octanol–water partition coefficient (Wildman–Crippen LogP) is 4.69. The molecule has 3 aromatic heterocycles. The van der Waals surface area contributed by atoms with Crippen LogP contribution < -0.4 is 10.3 Å². The number of hydrogen-bond acceptors (Lipinski definition) is 7. The second-order valence-electron chi connectivity index (χ2n) is 7.58. The first kappa shape index (κ1) is 22.1. The molecule has 0 aliphatic rings. The molecule has 0 aliphatic heterocycles. The van der Waals surface area contributed by atoms with E-state index in [9.17, 15) is 4.79 Å². The summed E-state index contributed by atoms with van der Waals surface area (Å²) >= 11 is 1.36. The maximum Gasteiger partial charge on any atom is 0.292 e. The van der Waals surface area contributed by atoms with Gasteiger partial charge in [-0.1, -0.05) is 13.3 Å². The molecule has 3 heterocycles. The largest absolute Gasteiger partial charge is 0.497 e. The molecule has 0 unspecified atom stereocenters. The standard InChI is InChI=1S/C24H26N4O3S/c1-5-6-7-19-27-21-20-17(14-30-3)12-15(2)26-23(20)32-22(21)24(29)28(19)25-13-16-8-10-18(31-4)11-9-16/h8-13H,5-7,14H2,1-4H3. The molecule has 0 amide bonds. The van der Waals surface area contributed by atoms with E-state index in [1.54, 1.807) is 20.4 Å². The van der Waals surface area contributed by atoms with Crippen molar-refractivity contribution in [2.45, 2.75) is 39.7 Å². The Labute approximate surface area is 190 Å². The normalized spacial score (nSPS) is 11.8. The van der Waals surface area contributed by atoms with Gasteiger partial charge in [-0.15, -0.1) is 11.3 Å². The van der Waals surface area contributed by atoms with Gasteiger partial charge in [-0.2, -0.15) is 9.78 Å². The molecule has 0 saturated heterocycles. The van der Waals surface area contributed by atoms with Gasteiger partial charge in [0.2, 0.25) is 0 Å². The third-order valence-electron chi connectivity index (χ3n) is 5.21. The van der Waals surface area contributed by atoms with E-state index in [1.165, 1.54) is 16.0 Å². The van der Waals surface area contributed by atoms with Crippen LogP contribution in [-0.2, 0) is 17.8 Å². The molecule has 166 valence electrons. The van der Waals surface area contributed by atoms with Crippen LogP contribution in [0.4, 0.5) is 0 Å². The van der Waals surface area contributed by atoms with E-state index in [1.807, 2.05) is 37.3 Å². The van der Waals surface area contributed by atoms with Crippen molar-refractivity contribution in [2.24, 2.45) is 5.10 Å². The zero-order valence-electron chi connectivity index (χ0n) is 18.7. The van der Waals surface area contributed by atoms with Crippen LogP contribution >= 0.6 is 11.3 Å². The maximum absolute atomic E-state index is 13.5. The molecule has 32 heavy (non-hydrogen) atoms. The van der Waals surface area contributed by atoms with Gasteiger partial charge in [0.25, 0.3) is 5.56 Å². The highest BCUT2D eigenvalue weighted by atomic mass is 32.1. The highest BCUT2D eigenvalue weighted by Gasteiger charge is 2.19. The highest BCUT2D eigenvalue weighted by Crippen LogP contribution is 2.33. The zero-order chi connectivity index (χ0) is 22.7. The van der Waals surface area contributed by atoms with Crippen molar-refractivity contribution in [3.8, 4) is 5.75 Å². The number of ether oxygens (including phenoxy) is 2. The molecule has 0 atom stereocenters. The molecular formula is C24H26N4O3S. The van der Waals surface area contributed by atoms with Gasteiger partial charge in [0, 0.05) is 24.6 Å². The van der Waals surface area contributed by atoms with E-state index in [-0.39, 0.29) is 5.56 Å². The van der Waals surface area contributed by atoms with E-state index in [0.29, 0.717) is 29.1 Å². The molecule has 1 aromatic carbocycles. The molecule has 0 N–H and O–H groups in total. The van der Waals surface area contributed by atoms with E-state index in [4.69, 9.17) is 14.5 Å². The molecule has 7 nitrogen and oxygen atoms in total. The van der Waals surface area contributed by atoms with Crippen molar-refractivity contribution in [1.29, 1.82) is 0 Å². The number of benzene rings is 1. The molecule has 4 aromatic rings. The lowest BCUT2D eigenvalue weighted by molar-refractivity contribution is 0.186. The van der Waals surface area contributed by atoms with Crippen LogP contribution in [0.3, 0.4) is 0 Å². The number of methoxy groups -OCH3 is 2. The number of hydrogen-bond donors (Lipinski definition) is 0. The quantitative estimate of drug-likeness (QED) is 0.364. The number of unbranched alkanes of at least 4 members (excludes halogenated alkanes) is 1. The van der Waals surface area contributed by atoms with Gasteiger partial charge in [-0.3, -0.25) is 4.79 Å². The van der Waals surface area contributed by atoms with Crippen molar-refractivity contribution in [2.75, 3.05) is 14.2 Å². The van der Waals surface area contributed by atoms with Crippen molar-refractivity contribution >= 4 is 38.0 Å².